The van der Waals surface area contributed by atoms with E-state index in [1.54, 1.807) is 4.90 Å². The molecule has 0 heterocycles. The minimum absolute atomic E-state index is 0.00443. The van der Waals surface area contributed by atoms with Gasteiger partial charge in [0.25, 0.3) is 0 Å². The summed E-state index contributed by atoms with van der Waals surface area (Å²) < 4.78 is 30.4. The van der Waals surface area contributed by atoms with Crippen LogP contribution in [0.15, 0.2) is 18.2 Å². The lowest BCUT2D eigenvalue weighted by Crippen LogP contribution is -2.37. The fraction of sp³-hybridized carbons (Fsp3) is 0.429. The van der Waals surface area contributed by atoms with Crippen LogP contribution in [0.2, 0.25) is 0 Å². The van der Waals surface area contributed by atoms with E-state index in [2.05, 4.69) is 10.1 Å². The van der Waals surface area contributed by atoms with Crippen molar-refractivity contribution in [1.29, 1.82) is 0 Å². The topological polar surface area (TPSA) is 58.6 Å². The molecule has 0 saturated heterocycles. The molecule has 0 aliphatic heterocycles. The molecule has 0 radical (unpaired) electrons. The molecule has 5 nitrogen and oxygen atoms in total. The summed E-state index contributed by atoms with van der Waals surface area (Å²) in [5, 5.41) is 2.45. The summed E-state index contributed by atoms with van der Waals surface area (Å²) in [7, 11) is 1.27. The maximum Gasteiger partial charge on any atom is 0.319 e. The number of halogens is 2. The highest BCUT2D eigenvalue weighted by atomic mass is 19.2. The zero-order valence-electron chi connectivity index (χ0n) is 12.0. The van der Waals surface area contributed by atoms with Gasteiger partial charge in [0.2, 0.25) is 5.91 Å². The second kappa shape index (κ2) is 8.31. The molecule has 1 N–H and O–H groups in total. The van der Waals surface area contributed by atoms with Crippen molar-refractivity contribution < 1.29 is 23.1 Å². The van der Waals surface area contributed by atoms with Crippen molar-refractivity contribution in [2.75, 3.05) is 32.1 Å². The minimum atomic E-state index is -1.03. The first-order valence-electron chi connectivity index (χ1n) is 6.50. The normalized spacial score (nSPS) is 10.5. The third-order valence-electron chi connectivity index (χ3n) is 2.69. The Bertz CT molecular complexity index is 509. The monoisotopic (exact) mass is 300 g/mol. The van der Waals surface area contributed by atoms with Crippen molar-refractivity contribution in [3.05, 3.63) is 29.8 Å². The summed E-state index contributed by atoms with van der Waals surface area (Å²) in [4.78, 5) is 24.7. The number of methoxy groups -OCH3 is 1. The molecule has 1 rings (SSSR count). The number of nitrogens with one attached hydrogen (secondary N) is 1. The van der Waals surface area contributed by atoms with Crippen LogP contribution < -0.4 is 5.32 Å². The third kappa shape index (κ3) is 5.86. The highest BCUT2D eigenvalue weighted by molar-refractivity contribution is 5.92. The number of carbonyl (C=O) groups is 2. The van der Waals surface area contributed by atoms with Crippen LogP contribution in [0.3, 0.4) is 0 Å². The number of ether oxygens (including phenoxy) is 1. The van der Waals surface area contributed by atoms with E-state index in [9.17, 15) is 18.4 Å². The van der Waals surface area contributed by atoms with E-state index >= 15 is 0 Å². The number of esters is 1. The molecule has 1 aromatic rings. The van der Waals surface area contributed by atoms with Crippen LogP contribution in [0.4, 0.5) is 14.5 Å². The van der Waals surface area contributed by atoms with Gasteiger partial charge in [-0.3, -0.25) is 14.5 Å². The molecule has 0 aliphatic carbocycles. The minimum Gasteiger partial charge on any atom is -0.468 e. The van der Waals surface area contributed by atoms with Gasteiger partial charge in [0, 0.05) is 11.8 Å². The first-order chi connectivity index (χ1) is 9.96. The SMILES string of the molecule is CCCN(CC(=O)Nc1ccc(F)c(F)c1)CC(=O)OC. The second-order valence-electron chi connectivity index (χ2n) is 4.46. The van der Waals surface area contributed by atoms with Gasteiger partial charge in [-0.25, -0.2) is 8.78 Å². The van der Waals surface area contributed by atoms with Crippen LogP contribution >= 0.6 is 0 Å². The first-order valence-corrected chi connectivity index (χ1v) is 6.50. The van der Waals surface area contributed by atoms with Gasteiger partial charge in [-0.1, -0.05) is 6.92 Å². The molecule has 0 aliphatic rings. The number of hydrogen-bond donors (Lipinski definition) is 1. The van der Waals surface area contributed by atoms with Crippen molar-refractivity contribution in [2.45, 2.75) is 13.3 Å². The molecule has 0 bridgehead atoms. The molecular weight excluding hydrogens is 282 g/mol. The maximum absolute atomic E-state index is 13.0. The molecule has 0 aromatic heterocycles. The van der Waals surface area contributed by atoms with E-state index in [4.69, 9.17) is 0 Å². The lowest BCUT2D eigenvalue weighted by molar-refractivity contribution is -0.142. The lowest BCUT2D eigenvalue weighted by Gasteiger charge is -2.19. The van der Waals surface area contributed by atoms with Gasteiger partial charge >= 0.3 is 5.97 Å². The van der Waals surface area contributed by atoms with Gasteiger partial charge in [0.05, 0.1) is 20.2 Å². The van der Waals surface area contributed by atoms with Crippen molar-refractivity contribution in [3.8, 4) is 0 Å². The quantitative estimate of drug-likeness (QED) is 0.780. The summed E-state index contributed by atoms with van der Waals surface area (Å²) in [6, 6.07) is 3.10. The van der Waals surface area contributed by atoms with Gasteiger partial charge < -0.3 is 10.1 Å². The molecule has 1 aromatic carbocycles. The van der Waals surface area contributed by atoms with Crippen molar-refractivity contribution >= 4 is 17.6 Å². The third-order valence-corrected chi connectivity index (χ3v) is 2.69. The van der Waals surface area contributed by atoms with Crippen LogP contribution in [-0.4, -0.2) is 43.5 Å². The van der Waals surface area contributed by atoms with Crippen LogP contribution in [0.25, 0.3) is 0 Å². The Balaban J connectivity index is 2.60. The highest BCUT2D eigenvalue weighted by Crippen LogP contribution is 2.13. The Morgan fingerprint density at radius 3 is 2.52 bits per heavy atom. The molecule has 0 unspecified atom stereocenters. The summed E-state index contributed by atoms with van der Waals surface area (Å²) in [6.45, 7) is 2.41. The van der Waals surface area contributed by atoms with Gasteiger partial charge in [-0.05, 0) is 25.1 Å². The van der Waals surface area contributed by atoms with Crippen molar-refractivity contribution in [2.24, 2.45) is 0 Å². The van der Waals surface area contributed by atoms with E-state index in [-0.39, 0.29) is 18.8 Å². The molecule has 0 atom stereocenters. The van der Waals surface area contributed by atoms with Gasteiger partial charge in [-0.15, -0.1) is 0 Å². The number of hydrogen-bond acceptors (Lipinski definition) is 4. The Morgan fingerprint density at radius 1 is 1.24 bits per heavy atom. The molecule has 0 spiro atoms. The van der Waals surface area contributed by atoms with E-state index in [1.165, 1.54) is 13.2 Å². The number of rotatable bonds is 7. The van der Waals surface area contributed by atoms with E-state index < -0.39 is 23.5 Å². The van der Waals surface area contributed by atoms with Gasteiger partial charge in [0.15, 0.2) is 11.6 Å². The smallest absolute Gasteiger partial charge is 0.319 e. The summed E-state index contributed by atoms with van der Waals surface area (Å²) in [5.74, 6) is -2.87. The fourth-order valence-electron chi connectivity index (χ4n) is 1.75. The predicted octanol–water partition coefficient (Wildman–Crippen LogP) is 1.79. The molecule has 7 heteroatoms. The Hall–Kier alpha value is -2.02. The Kier molecular flexibility index (Phi) is 6.74. The van der Waals surface area contributed by atoms with E-state index in [0.29, 0.717) is 6.54 Å². The molecular formula is C14H18F2N2O3. The molecule has 0 fully saturated rings. The largest absolute Gasteiger partial charge is 0.468 e. The fourth-order valence-corrected chi connectivity index (χ4v) is 1.75. The number of carbonyl (C=O) groups excluding carboxylic acids is 2. The zero-order chi connectivity index (χ0) is 15.8. The van der Waals surface area contributed by atoms with Crippen LogP contribution in [0, 0.1) is 11.6 Å². The van der Waals surface area contributed by atoms with Crippen LogP contribution in [0.5, 0.6) is 0 Å². The van der Waals surface area contributed by atoms with E-state index in [0.717, 1.165) is 18.6 Å². The van der Waals surface area contributed by atoms with Gasteiger partial charge in [-0.2, -0.15) is 0 Å². The predicted molar refractivity (Wildman–Crippen MR) is 73.7 cm³/mol. The van der Waals surface area contributed by atoms with Gasteiger partial charge in [0.1, 0.15) is 0 Å². The van der Waals surface area contributed by atoms with Crippen LogP contribution in [-0.2, 0) is 14.3 Å². The lowest BCUT2D eigenvalue weighted by atomic mass is 10.3. The summed E-state index contributed by atoms with van der Waals surface area (Å²) in [5.41, 5.74) is 0.161. The molecule has 21 heavy (non-hydrogen) atoms. The van der Waals surface area contributed by atoms with E-state index in [1.807, 2.05) is 6.92 Å². The first kappa shape index (κ1) is 17.0. The van der Waals surface area contributed by atoms with Crippen molar-refractivity contribution in [3.63, 3.8) is 0 Å². The highest BCUT2D eigenvalue weighted by Gasteiger charge is 2.14. The average molecular weight is 300 g/mol. The molecule has 116 valence electrons. The zero-order valence-corrected chi connectivity index (χ0v) is 12.0. The molecule has 1 amide bonds. The summed E-state index contributed by atoms with van der Waals surface area (Å²) in [6.07, 6.45) is 0.759. The number of benzene rings is 1. The van der Waals surface area contributed by atoms with Crippen molar-refractivity contribution in [1.82, 2.24) is 4.90 Å². The average Bonchev–Trinajstić information content (AvgIpc) is 2.43. The maximum atomic E-state index is 13.0. The Labute approximate surface area is 121 Å². The molecule has 0 saturated carbocycles. The number of amides is 1. The number of anilines is 1. The number of nitrogens with zero attached hydrogens (tertiary/aromatic N) is 1. The summed E-state index contributed by atoms with van der Waals surface area (Å²) >= 11 is 0. The van der Waals surface area contributed by atoms with Crippen LogP contribution in [0.1, 0.15) is 13.3 Å². The standard InChI is InChI=1S/C14H18F2N2O3/c1-3-6-18(9-14(20)21-2)8-13(19)17-10-4-5-11(15)12(16)7-10/h4-5,7H,3,6,8-9H2,1-2H3,(H,17,19). The Morgan fingerprint density at radius 2 is 1.95 bits per heavy atom. The second-order valence-corrected chi connectivity index (χ2v) is 4.46.